The van der Waals surface area contributed by atoms with Crippen molar-refractivity contribution in [2.75, 3.05) is 0 Å². The Hall–Kier alpha value is -1.51. The van der Waals surface area contributed by atoms with Crippen LogP contribution < -0.4 is 5.32 Å². The standard InChI is InChI=1S/C12H15NO2/c1-2-11-10(13-12(14)15-11)8-9-6-4-3-5-7-9/h3-7,10-11H,2,8H2,1H3,(H,13,14)/t10-,11-/m0/s1. The number of nitrogens with one attached hydrogen (secondary N) is 1. The van der Waals surface area contributed by atoms with Gasteiger partial charge in [0, 0.05) is 0 Å². The van der Waals surface area contributed by atoms with Gasteiger partial charge in [0.15, 0.2) is 0 Å². The summed E-state index contributed by atoms with van der Waals surface area (Å²) in [7, 11) is 0. The smallest absolute Gasteiger partial charge is 0.407 e. The number of benzene rings is 1. The molecule has 1 amide bonds. The molecule has 1 aliphatic heterocycles. The molecule has 2 rings (SSSR count). The highest BCUT2D eigenvalue weighted by atomic mass is 16.6. The first-order chi connectivity index (χ1) is 7.29. The summed E-state index contributed by atoms with van der Waals surface area (Å²) in [5.74, 6) is 0. The predicted molar refractivity (Wildman–Crippen MR) is 57.6 cm³/mol. The van der Waals surface area contributed by atoms with Gasteiger partial charge in [0.05, 0.1) is 6.04 Å². The van der Waals surface area contributed by atoms with E-state index in [1.807, 2.05) is 25.1 Å². The summed E-state index contributed by atoms with van der Waals surface area (Å²) in [5, 5.41) is 2.84. The molecule has 15 heavy (non-hydrogen) atoms. The zero-order chi connectivity index (χ0) is 10.7. The highest BCUT2D eigenvalue weighted by Gasteiger charge is 2.32. The zero-order valence-electron chi connectivity index (χ0n) is 8.77. The highest BCUT2D eigenvalue weighted by Crippen LogP contribution is 2.16. The van der Waals surface area contributed by atoms with Gasteiger partial charge in [0.25, 0.3) is 0 Å². The van der Waals surface area contributed by atoms with Crippen molar-refractivity contribution >= 4 is 6.09 Å². The second-order valence-corrected chi connectivity index (χ2v) is 3.79. The number of hydrogen-bond donors (Lipinski definition) is 1. The molecule has 3 nitrogen and oxygen atoms in total. The molecule has 1 N–H and O–H groups in total. The number of cyclic esters (lactones) is 1. The predicted octanol–water partition coefficient (Wildman–Crippen LogP) is 2.12. The van der Waals surface area contributed by atoms with Gasteiger partial charge in [0.1, 0.15) is 6.10 Å². The monoisotopic (exact) mass is 205 g/mol. The fourth-order valence-corrected chi connectivity index (χ4v) is 1.92. The van der Waals surface area contributed by atoms with E-state index < -0.39 is 0 Å². The van der Waals surface area contributed by atoms with Crippen molar-refractivity contribution < 1.29 is 9.53 Å². The molecule has 1 aromatic carbocycles. The van der Waals surface area contributed by atoms with Crippen molar-refractivity contribution in [1.82, 2.24) is 5.32 Å². The molecule has 0 aliphatic carbocycles. The number of alkyl carbamates (subject to hydrolysis) is 1. The maximum atomic E-state index is 11.1. The molecular weight excluding hydrogens is 190 g/mol. The Bertz CT molecular complexity index is 337. The SMILES string of the molecule is CC[C@@H]1OC(=O)N[C@H]1Cc1ccccc1. The third-order valence-electron chi connectivity index (χ3n) is 2.71. The minimum Gasteiger partial charge on any atom is -0.444 e. The topological polar surface area (TPSA) is 38.3 Å². The van der Waals surface area contributed by atoms with E-state index >= 15 is 0 Å². The molecule has 0 aromatic heterocycles. The second kappa shape index (κ2) is 4.34. The largest absolute Gasteiger partial charge is 0.444 e. The van der Waals surface area contributed by atoms with Crippen molar-refractivity contribution in [3.05, 3.63) is 35.9 Å². The summed E-state index contributed by atoms with van der Waals surface area (Å²) < 4.78 is 5.15. The van der Waals surface area contributed by atoms with Crippen molar-refractivity contribution in [3.8, 4) is 0 Å². The first-order valence-corrected chi connectivity index (χ1v) is 5.30. The molecule has 1 aliphatic rings. The average Bonchev–Trinajstić information content (AvgIpc) is 2.60. The lowest BCUT2D eigenvalue weighted by molar-refractivity contribution is 0.129. The van der Waals surface area contributed by atoms with Crippen LogP contribution in [0.5, 0.6) is 0 Å². The van der Waals surface area contributed by atoms with E-state index in [0.717, 1.165) is 12.8 Å². The van der Waals surface area contributed by atoms with Crippen molar-refractivity contribution in [3.63, 3.8) is 0 Å². The lowest BCUT2D eigenvalue weighted by atomic mass is 10.0. The third kappa shape index (κ3) is 2.29. The highest BCUT2D eigenvalue weighted by molar-refractivity contribution is 5.70. The number of carbonyl (C=O) groups is 1. The van der Waals surface area contributed by atoms with Crippen LogP contribution in [0, 0.1) is 0 Å². The molecule has 0 saturated carbocycles. The van der Waals surface area contributed by atoms with Crippen molar-refractivity contribution in [2.45, 2.75) is 31.9 Å². The fourth-order valence-electron chi connectivity index (χ4n) is 1.92. The average molecular weight is 205 g/mol. The quantitative estimate of drug-likeness (QED) is 0.820. The Morgan fingerprint density at radius 3 is 2.73 bits per heavy atom. The van der Waals surface area contributed by atoms with E-state index in [-0.39, 0.29) is 18.2 Å². The Kier molecular flexibility index (Phi) is 2.90. The van der Waals surface area contributed by atoms with Crippen LogP contribution in [0.3, 0.4) is 0 Å². The van der Waals surface area contributed by atoms with Gasteiger partial charge in [-0.25, -0.2) is 4.79 Å². The van der Waals surface area contributed by atoms with Gasteiger partial charge in [-0.3, -0.25) is 0 Å². The van der Waals surface area contributed by atoms with Crippen molar-refractivity contribution in [1.29, 1.82) is 0 Å². The molecule has 0 spiro atoms. The van der Waals surface area contributed by atoms with Crippen LogP contribution in [0.4, 0.5) is 4.79 Å². The van der Waals surface area contributed by atoms with Crippen LogP contribution in [-0.2, 0) is 11.2 Å². The van der Waals surface area contributed by atoms with Gasteiger partial charge >= 0.3 is 6.09 Å². The van der Waals surface area contributed by atoms with E-state index in [4.69, 9.17) is 4.74 Å². The number of rotatable bonds is 3. The zero-order valence-corrected chi connectivity index (χ0v) is 8.77. The third-order valence-corrected chi connectivity index (χ3v) is 2.71. The van der Waals surface area contributed by atoms with Gasteiger partial charge in [-0.15, -0.1) is 0 Å². The van der Waals surface area contributed by atoms with E-state index in [9.17, 15) is 4.79 Å². The summed E-state index contributed by atoms with van der Waals surface area (Å²) in [6.07, 6.45) is 1.42. The fraction of sp³-hybridized carbons (Fsp3) is 0.417. The maximum Gasteiger partial charge on any atom is 0.407 e. The molecule has 0 unspecified atom stereocenters. The Balaban J connectivity index is 2.03. The van der Waals surface area contributed by atoms with Crippen LogP contribution in [-0.4, -0.2) is 18.2 Å². The molecule has 80 valence electrons. The summed E-state index contributed by atoms with van der Waals surface area (Å²) in [4.78, 5) is 11.1. The van der Waals surface area contributed by atoms with Crippen LogP contribution in [0.25, 0.3) is 0 Å². The minimum absolute atomic E-state index is 0.0118. The van der Waals surface area contributed by atoms with Crippen molar-refractivity contribution in [2.24, 2.45) is 0 Å². The Morgan fingerprint density at radius 2 is 2.07 bits per heavy atom. The van der Waals surface area contributed by atoms with Crippen LogP contribution >= 0.6 is 0 Å². The van der Waals surface area contributed by atoms with Gasteiger partial charge < -0.3 is 10.1 Å². The first-order valence-electron chi connectivity index (χ1n) is 5.30. The van der Waals surface area contributed by atoms with Gasteiger partial charge in [-0.1, -0.05) is 37.3 Å². The second-order valence-electron chi connectivity index (χ2n) is 3.79. The number of carbonyl (C=O) groups excluding carboxylic acids is 1. The maximum absolute atomic E-state index is 11.1. The van der Waals surface area contributed by atoms with Crippen LogP contribution in [0.15, 0.2) is 30.3 Å². The first kappa shape index (κ1) is 10.0. The van der Waals surface area contributed by atoms with Gasteiger partial charge in [-0.2, -0.15) is 0 Å². The lowest BCUT2D eigenvalue weighted by Gasteiger charge is -2.14. The lowest BCUT2D eigenvalue weighted by Crippen LogP contribution is -2.33. The molecule has 0 bridgehead atoms. The molecule has 1 fully saturated rings. The van der Waals surface area contributed by atoms with E-state index in [1.165, 1.54) is 5.56 Å². The Labute approximate surface area is 89.4 Å². The van der Waals surface area contributed by atoms with Crippen LogP contribution in [0.1, 0.15) is 18.9 Å². The molecule has 1 heterocycles. The Morgan fingerprint density at radius 1 is 1.33 bits per heavy atom. The molecule has 3 heteroatoms. The van der Waals surface area contributed by atoms with E-state index in [1.54, 1.807) is 0 Å². The summed E-state index contributed by atoms with van der Waals surface area (Å²) in [5.41, 5.74) is 1.23. The van der Waals surface area contributed by atoms with Gasteiger partial charge in [0.2, 0.25) is 0 Å². The number of hydrogen-bond acceptors (Lipinski definition) is 2. The normalized spacial score (nSPS) is 24.7. The summed E-state index contributed by atoms with van der Waals surface area (Å²) in [6, 6.07) is 10.3. The number of amides is 1. The molecule has 1 aromatic rings. The molecule has 0 radical (unpaired) electrons. The van der Waals surface area contributed by atoms with E-state index in [0.29, 0.717) is 0 Å². The van der Waals surface area contributed by atoms with Crippen LogP contribution in [0.2, 0.25) is 0 Å². The summed E-state index contributed by atoms with van der Waals surface area (Å²) in [6.45, 7) is 2.03. The number of ether oxygens (including phenoxy) is 1. The molecule has 2 atom stereocenters. The molecule has 1 saturated heterocycles. The molecular formula is C12H15NO2. The summed E-state index contributed by atoms with van der Waals surface area (Å²) >= 11 is 0. The van der Waals surface area contributed by atoms with E-state index in [2.05, 4.69) is 17.4 Å². The van der Waals surface area contributed by atoms with Gasteiger partial charge in [-0.05, 0) is 18.4 Å². The minimum atomic E-state index is -0.289.